The van der Waals surface area contributed by atoms with Crippen molar-refractivity contribution in [3.05, 3.63) is 35.4 Å². The molecule has 24 heavy (non-hydrogen) atoms. The Hall–Kier alpha value is -0.810. The van der Waals surface area contributed by atoms with Crippen LogP contribution in [-0.2, 0) is 4.79 Å². The summed E-state index contributed by atoms with van der Waals surface area (Å²) < 4.78 is 0. The molecule has 0 bridgehead atoms. The third kappa shape index (κ3) is 5.09. The molecule has 0 spiro atoms. The number of nitrogens with zero attached hydrogens (tertiary/aromatic N) is 2. The topological polar surface area (TPSA) is 49.6 Å². The van der Waals surface area contributed by atoms with Crippen molar-refractivity contribution in [1.82, 2.24) is 9.80 Å². The fraction of sp³-hybridized carbons (Fsp3) is 0.611. The van der Waals surface area contributed by atoms with Gasteiger partial charge in [-0.15, -0.1) is 24.8 Å². The number of nitrogens with two attached hydrogens (primary N) is 1. The number of hydrogen-bond donors (Lipinski definition) is 1. The molecule has 2 atom stereocenters. The van der Waals surface area contributed by atoms with Crippen LogP contribution in [0.2, 0.25) is 0 Å². The van der Waals surface area contributed by atoms with Crippen LogP contribution in [0.1, 0.15) is 36.4 Å². The van der Waals surface area contributed by atoms with Crippen LogP contribution >= 0.6 is 24.8 Å². The van der Waals surface area contributed by atoms with Gasteiger partial charge in [0.25, 0.3) is 0 Å². The van der Waals surface area contributed by atoms with Crippen molar-refractivity contribution in [1.29, 1.82) is 0 Å². The van der Waals surface area contributed by atoms with Gasteiger partial charge in [0.15, 0.2) is 0 Å². The van der Waals surface area contributed by atoms with Crippen molar-refractivity contribution < 1.29 is 4.79 Å². The zero-order chi connectivity index (χ0) is 15.5. The summed E-state index contributed by atoms with van der Waals surface area (Å²) in [4.78, 5) is 17.1. The second-order valence-electron chi connectivity index (χ2n) is 6.84. The number of carbonyl (C=O) groups excluding carboxylic acids is 1. The third-order valence-electron chi connectivity index (χ3n) is 5.02. The van der Waals surface area contributed by atoms with Crippen LogP contribution in [0.15, 0.2) is 24.3 Å². The molecular formula is C18H29Cl2N3O. The van der Waals surface area contributed by atoms with Crippen molar-refractivity contribution in [3.63, 3.8) is 0 Å². The van der Waals surface area contributed by atoms with Gasteiger partial charge >= 0.3 is 0 Å². The zero-order valence-corrected chi connectivity index (χ0v) is 16.0. The summed E-state index contributed by atoms with van der Waals surface area (Å²) in [5.41, 5.74) is 8.28. The molecule has 2 heterocycles. The molecule has 1 amide bonds. The SMILES string of the molecule is Cc1ccc(C(N)C(=O)N2CCC(CN3CCCC3)C2)cc1.Cl.Cl. The summed E-state index contributed by atoms with van der Waals surface area (Å²) in [6.07, 6.45) is 3.77. The van der Waals surface area contributed by atoms with E-state index in [2.05, 4.69) is 4.90 Å². The number of halogens is 2. The molecule has 0 aromatic heterocycles. The normalized spacial score (nSPS) is 21.9. The first-order chi connectivity index (χ1) is 10.6. The molecular weight excluding hydrogens is 345 g/mol. The predicted octanol–water partition coefficient (Wildman–Crippen LogP) is 2.78. The highest BCUT2D eigenvalue weighted by Gasteiger charge is 2.31. The van der Waals surface area contributed by atoms with Gasteiger partial charge in [0, 0.05) is 19.6 Å². The molecule has 2 saturated heterocycles. The molecule has 1 aromatic carbocycles. The van der Waals surface area contributed by atoms with Crippen LogP contribution in [0, 0.1) is 12.8 Å². The van der Waals surface area contributed by atoms with Crippen LogP contribution in [0.25, 0.3) is 0 Å². The standard InChI is InChI=1S/C18H27N3O.2ClH/c1-14-4-6-16(7-5-14)17(19)18(22)21-11-8-15(13-21)12-20-9-2-3-10-20;;/h4-7,15,17H,2-3,8-13,19H2,1H3;2*1H. The van der Waals surface area contributed by atoms with Gasteiger partial charge in [0.2, 0.25) is 5.91 Å². The molecule has 2 unspecified atom stereocenters. The van der Waals surface area contributed by atoms with E-state index in [9.17, 15) is 4.79 Å². The third-order valence-corrected chi connectivity index (χ3v) is 5.02. The van der Waals surface area contributed by atoms with Crippen molar-refractivity contribution in [2.24, 2.45) is 11.7 Å². The summed E-state index contributed by atoms with van der Waals surface area (Å²) in [6.45, 7) is 7.37. The van der Waals surface area contributed by atoms with Crippen LogP contribution in [0.3, 0.4) is 0 Å². The molecule has 2 fully saturated rings. The fourth-order valence-electron chi connectivity index (χ4n) is 3.63. The molecule has 2 N–H and O–H groups in total. The number of benzene rings is 1. The smallest absolute Gasteiger partial charge is 0.244 e. The second-order valence-corrected chi connectivity index (χ2v) is 6.84. The Morgan fingerprint density at radius 2 is 1.79 bits per heavy atom. The van der Waals surface area contributed by atoms with Crippen molar-refractivity contribution in [2.75, 3.05) is 32.7 Å². The number of carbonyl (C=O) groups is 1. The Balaban J connectivity index is 0.00000144. The summed E-state index contributed by atoms with van der Waals surface area (Å²) in [5.74, 6) is 0.694. The Kier molecular flexibility index (Phi) is 8.51. The predicted molar refractivity (Wildman–Crippen MR) is 103 cm³/mol. The summed E-state index contributed by atoms with van der Waals surface area (Å²) in [5, 5.41) is 0. The lowest BCUT2D eigenvalue weighted by Gasteiger charge is -2.23. The molecule has 0 radical (unpaired) electrons. The molecule has 1 aromatic rings. The van der Waals surface area contributed by atoms with Gasteiger partial charge in [-0.2, -0.15) is 0 Å². The molecule has 0 aliphatic carbocycles. The van der Waals surface area contributed by atoms with Gasteiger partial charge in [-0.05, 0) is 50.8 Å². The minimum absolute atomic E-state index is 0. The minimum atomic E-state index is -0.522. The quantitative estimate of drug-likeness (QED) is 0.882. The number of amides is 1. The molecule has 136 valence electrons. The van der Waals surface area contributed by atoms with Gasteiger partial charge in [0.1, 0.15) is 6.04 Å². The lowest BCUT2D eigenvalue weighted by atomic mass is 10.0. The van der Waals surface area contributed by atoms with E-state index in [0.29, 0.717) is 5.92 Å². The highest BCUT2D eigenvalue weighted by Crippen LogP contribution is 2.23. The molecule has 4 nitrogen and oxygen atoms in total. The highest BCUT2D eigenvalue weighted by atomic mass is 35.5. The maximum absolute atomic E-state index is 12.6. The zero-order valence-electron chi connectivity index (χ0n) is 14.3. The first-order valence-corrected chi connectivity index (χ1v) is 8.47. The van der Waals surface area contributed by atoms with Crippen LogP contribution in [-0.4, -0.2) is 48.4 Å². The number of likely N-dealkylation sites (tertiary alicyclic amines) is 2. The first-order valence-electron chi connectivity index (χ1n) is 8.47. The van der Waals surface area contributed by atoms with Gasteiger partial charge in [-0.25, -0.2) is 0 Å². The summed E-state index contributed by atoms with van der Waals surface area (Å²) in [7, 11) is 0. The Morgan fingerprint density at radius 3 is 2.42 bits per heavy atom. The maximum Gasteiger partial charge on any atom is 0.244 e. The van der Waals surface area contributed by atoms with Gasteiger partial charge < -0.3 is 15.5 Å². The Morgan fingerprint density at radius 1 is 1.17 bits per heavy atom. The second kappa shape index (κ2) is 9.62. The lowest BCUT2D eigenvalue weighted by Crippen LogP contribution is -2.38. The molecule has 2 aliphatic heterocycles. The van der Waals surface area contributed by atoms with Crippen molar-refractivity contribution >= 4 is 30.7 Å². The number of aryl methyl sites for hydroxylation is 1. The monoisotopic (exact) mass is 373 g/mol. The van der Waals surface area contributed by atoms with E-state index in [1.165, 1.54) is 31.5 Å². The van der Waals surface area contributed by atoms with E-state index in [1.807, 2.05) is 36.1 Å². The van der Waals surface area contributed by atoms with Gasteiger partial charge in [0.05, 0.1) is 0 Å². The van der Waals surface area contributed by atoms with E-state index in [4.69, 9.17) is 5.73 Å². The molecule has 2 aliphatic rings. The molecule has 0 saturated carbocycles. The minimum Gasteiger partial charge on any atom is -0.341 e. The Bertz CT molecular complexity index is 518. The van der Waals surface area contributed by atoms with E-state index in [1.54, 1.807) is 0 Å². The average Bonchev–Trinajstić information content (AvgIpc) is 3.19. The van der Waals surface area contributed by atoms with Crippen molar-refractivity contribution in [2.45, 2.75) is 32.2 Å². The number of hydrogen-bond acceptors (Lipinski definition) is 3. The van der Waals surface area contributed by atoms with Crippen LogP contribution in [0.4, 0.5) is 0 Å². The Labute approximate surface area is 157 Å². The largest absolute Gasteiger partial charge is 0.341 e. The van der Waals surface area contributed by atoms with Crippen LogP contribution < -0.4 is 5.73 Å². The van der Waals surface area contributed by atoms with Gasteiger partial charge in [-0.3, -0.25) is 4.79 Å². The summed E-state index contributed by atoms with van der Waals surface area (Å²) in [6, 6.07) is 7.45. The number of rotatable bonds is 4. The average molecular weight is 374 g/mol. The first kappa shape index (κ1) is 21.2. The van der Waals surface area contributed by atoms with Gasteiger partial charge in [-0.1, -0.05) is 29.8 Å². The van der Waals surface area contributed by atoms with Crippen LogP contribution in [0.5, 0.6) is 0 Å². The van der Waals surface area contributed by atoms with E-state index in [0.717, 1.165) is 31.6 Å². The fourth-order valence-corrected chi connectivity index (χ4v) is 3.63. The molecule has 3 rings (SSSR count). The van der Waals surface area contributed by atoms with E-state index < -0.39 is 6.04 Å². The highest BCUT2D eigenvalue weighted by molar-refractivity contribution is 5.85. The van der Waals surface area contributed by atoms with E-state index in [-0.39, 0.29) is 30.7 Å². The summed E-state index contributed by atoms with van der Waals surface area (Å²) >= 11 is 0. The lowest BCUT2D eigenvalue weighted by molar-refractivity contribution is -0.131. The maximum atomic E-state index is 12.6. The van der Waals surface area contributed by atoms with E-state index >= 15 is 0 Å². The molecule has 6 heteroatoms. The van der Waals surface area contributed by atoms with Crippen molar-refractivity contribution in [3.8, 4) is 0 Å².